The first-order valence-electron chi connectivity index (χ1n) is 9.10. The van der Waals surface area contributed by atoms with Crippen LogP contribution in [0.4, 0.5) is 5.69 Å². The van der Waals surface area contributed by atoms with Crippen molar-refractivity contribution in [2.45, 2.75) is 0 Å². The smallest absolute Gasteiger partial charge is 0.257 e. The zero-order valence-electron chi connectivity index (χ0n) is 15.5. The van der Waals surface area contributed by atoms with Crippen molar-refractivity contribution in [1.82, 2.24) is 20.3 Å². The van der Waals surface area contributed by atoms with Crippen LogP contribution in [0.1, 0.15) is 10.4 Å². The highest BCUT2D eigenvalue weighted by Crippen LogP contribution is 2.32. The Morgan fingerprint density at radius 3 is 2.60 bits per heavy atom. The van der Waals surface area contributed by atoms with Gasteiger partial charge in [-0.2, -0.15) is 4.80 Å². The minimum atomic E-state index is -0.345. The number of amides is 1. The molecule has 0 fully saturated rings. The second kappa shape index (κ2) is 7.45. The van der Waals surface area contributed by atoms with Gasteiger partial charge in [-0.1, -0.05) is 18.2 Å². The summed E-state index contributed by atoms with van der Waals surface area (Å²) in [5.41, 5.74) is 3.44. The third-order valence-corrected chi connectivity index (χ3v) is 4.69. The van der Waals surface area contributed by atoms with Crippen molar-refractivity contribution in [2.75, 3.05) is 12.1 Å². The molecule has 148 valence electrons. The Kier molecular flexibility index (Phi) is 4.49. The molecular weight excluding hydrogens is 402 g/mol. The molecule has 0 atom stereocenters. The first-order chi connectivity index (χ1) is 14.7. The van der Waals surface area contributed by atoms with Gasteiger partial charge in [-0.3, -0.25) is 10.1 Å². The van der Waals surface area contributed by atoms with Gasteiger partial charge in [0.05, 0.1) is 5.69 Å². The number of rotatable bonds is 3. The van der Waals surface area contributed by atoms with E-state index in [1.54, 1.807) is 23.0 Å². The van der Waals surface area contributed by atoms with Gasteiger partial charge in [-0.05, 0) is 60.7 Å². The fraction of sp³-hybridized carbons (Fsp3) is 0.0476. The van der Waals surface area contributed by atoms with E-state index in [2.05, 4.69) is 20.8 Å². The first-order valence-corrected chi connectivity index (χ1v) is 9.51. The SMILES string of the molecule is O=C(NC(=S)Nc1ccc2nn(-c3ccccc3)nc2c1)c1ccc2c(c1)OCO2. The molecule has 2 N–H and O–H groups in total. The van der Waals surface area contributed by atoms with Gasteiger partial charge in [-0.25, -0.2) is 0 Å². The van der Waals surface area contributed by atoms with Gasteiger partial charge in [0.1, 0.15) is 11.0 Å². The van der Waals surface area contributed by atoms with E-state index in [4.69, 9.17) is 21.7 Å². The number of carbonyl (C=O) groups excluding carboxylic acids is 1. The highest BCUT2D eigenvalue weighted by atomic mass is 32.1. The van der Waals surface area contributed by atoms with E-state index in [-0.39, 0.29) is 17.8 Å². The lowest BCUT2D eigenvalue weighted by atomic mass is 10.2. The zero-order chi connectivity index (χ0) is 20.5. The molecule has 0 aliphatic carbocycles. The Morgan fingerprint density at radius 1 is 0.933 bits per heavy atom. The number of aromatic nitrogens is 3. The number of nitrogens with one attached hydrogen (secondary N) is 2. The van der Waals surface area contributed by atoms with E-state index in [1.165, 1.54) is 0 Å². The lowest BCUT2D eigenvalue weighted by Crippen LogP contribution is -2.34. The summed E-state index contributed by atoms with van der Waals surface area (Å²) in [6.07, 6.45) is 0. The maximum Gasteiger partial charge on any atom is 0.257 e. The van der Waals surface area contributed by atoms with E-state index in [0.717, 1.165) is 11.2 Å². The molecule has 0 bridgehead atoms. The zero-order valence-corrected chi connectivity index (χ0v) is 16.3. The minimum absolute atomic E-state index is 0.151. The molecule has 0 saturated carbocycles. The standard InChI is InChI=1S/C21H15N5O3S/c27-20(13-6-9-18-19(10-13)29-12-28-18)23-21(30)22-14-7-8-16-17(11-14)25-26(24-16)15-4-2-1-3-5-15/h1-11H,12H2,(H2,22,23,27,30). The predicted octanol–water partition coefficient (Wildman–Crippen LogP) is 3.28. The molecule has 0 spiro atoms. The van der Waals surface area contributed by atoms with Crippen LogP contribution in [-0.2, 0) is 0 Å². The minimum Gasteiger partial charge on any atom is -0.454 e. The van der Waals surface area contributed by atoms with Crippen molar-refractivity contribution in [3.05, 3.63) is 72.3 Å². The van der Waals surface area contributed by atoms with Gasteiger partial charge in [0.2, 0.25) is 6.79 Å². The molecule has 8 nitrogen and oxygen atoms in total. The van der Waals surface area contributed by atoms with Gasteiger partial charge >= 0.3 is 0 Å². The van der Waals surface area contributed by atoms with E-state index in [9.17, 15) is 4.79 Å². The van der Waals surface area contributed by atoms with Crippen LogP contribution < -0.4 is 20.1 Å². The first kappa shape index (κ1) is 18.1. The van der Waals surface area contributed by atoms with Crippen molar-refractivity contribution in [1.29, 1.82) is 0 Å². The highest BCUT2D eigenvalue weighted by Gasteiger charge is 2.17. The number of carbonyl (C=O) groups is 1. The van der Waals surface area contributed by atoms with Gasteiger partial charge in [0.15, 0.2) is 16.6 Å². The third kappa shape index (κ3) is 3.53. The van der Waals surface area contributed by atoms with Gasteiger partial charge < -0.3 is 14.8 Å². The maximum absolute atomic E-state index is 12.5. The summed E-state index contributed by atoms with van der Waals surface area (Å²) in [6, 6.07) is 20.1. The highest BCUT2D eigenvalue weighted by molar-refractivity contribution is 7.80. The molecule has 1 aliphatic rings. The van der Waals surface area contributed by atoms with E-state index in [1.807, 2.05) is 48.5 Å². The Bertz CT molecular complexity index is 1270. The van der Waals surface area contributed by atoms with Gasteiger partial charge in [0, 0.05) is 11.3 Å². The average Bonchev–Trinajstić information content (AvgIpc) is 3.40. The maximum atomic E-state index is 12.5. The van der Waals surface area contributed by atoms with E-state index >= 15 is 0 Å². The van der Waals surface area contributed by atoms with Crippen LogP contribution in [0.3, 0.4) is 0 Å². The van der Waals surface area contributed by atoms with E-state index < -0.39 is 0 Å². The van der Waals surface area contributed by atoms with Crippen LogP contribution in [0.15, 0.2) is 66.7 Å². The summed E-state index contributed by atoms with van der Waals surface area (Å²) in [4.78, 5) is 14.0. The Hall–Kier alpha value is -3.98. The molecule has 5 rings (SSSR count). The molecule has 3 aromatic carbocycles. The van der Waals surface area contributed by atoms with Crippen LogP contribution >= 0.6 is 12.2 Å². The molecule has 2 heterocycles. The molecular formula is C21H15N5O3S. The fourth-order valence-corrected chi connectivity index (χ4v) is 3.26. The summed E-state index contributed by atoms with van der Waals surface area (Å²) < 4.78 is 10.6. The number of fused-ring (bicyclic) bond motifs is 2. The summed E-state index contributed by atoms with van der Waals surface area (Å²) in [5.74, 6) is 0.805. The van der Waals surface area contributed by atoms with Crippen molar-refractivity contribution in [3.63, 3.8) is 0 Å². The number of hydrogen-bond donors (Lipinski definition) is 2. The second-order valence-corrected chi connectivity index (χ2v) is 6.91. The summed E-state index contributed by atoms with van der Waals surface area (Å²) >= 11 is 5.28. The molecule has 4 aromatic rings. The average molecular weight is 417 g/mol. The normalized spacial score (nSPS) is 12.0. The lowest BCUT2D eigenvalue weighted by molar-refractivity contribution is 0.0977. The summed E-state index contributed by atoms with van der Waals surface area (Å²) in [7, 11) is 0. The molecule has 9 heteroatoms. The van der Waals surface area contributed by atoms with Crippen LogP contribution in [0, 0.1) is 0 Å². The number of benzene rings is 3. The number of para-hydroxylation sites is 1. The Morgan fingerprint density at radius 2 is 1.73 bits per heavy atom. The summed E-state index contributed by atoms with van der Waals surface area (Å²) in [5, 5.41) is 14.8. The van der Waals surface area contributed by atoms with Crippen molar-refractivity contribution in [3.8, 4) is 17.2 Å². The molecule has 0 saturated heterocycles. The van der Waals surface area contributed by atoms with Gasteiger partial charge in [-0.15, -0.1) is 10.2 Å². The summed E-state index contributed by atoms with van der Waals surface area (Å²) in [6.45, 7) is 0.151. The molecule has 1 amide bonds. The molecule has 1 aromatic heterocycles. The quantitative estimate of drug-likeness (QED) is 0.495. The number of thiocarbonyl (C=S) groups is 1. The van der Waals surface area contributed by atoms with Crippen LogP contribution in [-0.4, -0.2) is 32.8 Å². The van der Waals surface area contributed by atoms with Crippen molar-refractivity contribution < 1.29 is 14.3 Å². The van der Waals surface area contributed by atoms with E-state index in [0.29, 0.717) is 28.3 Å². The Balaban J connectivity index is 1.29. The second-order valence-electron chi connectivity index (χ2n) is 6.50. The largest absolute Gasteiger partial charge is 0.454 e. The monoisotopic (exact) mass is 417 g/mol. The number of nitrogens with zero attached hydrogens (tertiary/aromatic N) is 3. The predicted molar refractivity (Wildman–Crippen MR) is 115 cm³/mol. The number of ether oxygens (including phenoxy) is 2. The molecule has 1 aliphatic heterocycles. The topological polar surface area (TPSA) is 90.3 Å². The number of anilines is 1. The third-order valence-electron chi connectivity index (χ3n) is 4.49. The lowest BCUT2D eigenvalue weighted by Gasteiger charge is -2.09. The van der Waals surface area contributed by atoms with Crippen molar-refractivity contribution >= 4 is 40.0 Å². The van der Waals surface area contributed by atoms with Crippen LogP contribution in [0.5, 0.6) is 11.5 Å². The van der Waals surface area contributed by atoms with Crippen LogP contribution in [0.25, 0.3) is 16.7 Å². The fourth-order valence-electron chi connectivity index (χ4n) is 3.04. The molecule has 0 radical (unpaired) electrons. The Labute approximate surface area is 176 Å². The molecule has 0 unspecified atom stereocenters. The van der Waals surface area contributed by atoms with Gasteiger partial charge in [0.25, 0.3) is 5.91 Å². The van der Waals surface area contributed by atoms with Crippen LogP contribution in [0.2, 0.25) is 0 Å². The number of hydrogen-bond acceptors (Lipinski definition) is 6. The molecule has 30 heavy (non-hydrogen) atoms. The van der Waals surface area contributed by atoms with Crippen molar-refractivity contribution in [2.24, 2.45) is 0 Å².